The van der Waals surface area contributed by atoms with Gasteiger partial charge in [0.25, 0.3) is 0 Å². The van der Waals surface area contributed by atoms with Gasteiger partial charge in [-0.25, -0.2) is 8.42 Å². The van der Waals surface area contributed by atoms with Crippen LogP contribution in [0, 0.1) is 6.92 Å². The summed E-state index contributed by atoms with van der Waals surface area (Å²) in [5.74, 6) is -0.809. The van der Waals surface area contributed by atoms with Gasteiger partial charge >= 0.3 is 0 Å². The summed E-state index contributed by atoms with van der Waals surface area (Å²) in [6.45, 7) is 5.20. The Morgan fingerprint density at radius 3 is 2.27 bits per heavy atom. The average Bonchev–Trinajstić information content (AvgIpc) is 2.90. The summed E-state index contributed by atoms with van der Waals surface area (Å²) < 4.78 is 27.8. The molecule has 214 valence electrons. The average molecular weight is 649 g/mol. The van der Waals surface area contributed by atoms with Crippen LogP contribution in [0.1, 0.15) is 37.0 Å². The van der Waals surface area contributed by atoms with Gasteiger partial charge in [0.2, 0.25) is 21.8 Å². The number of carbonyl (C=O) groups is 2. The summed E-state index contributed by atoms with van der Waals surface area (Å²) in [6, 6.07) is 20.9. The molecule has 2 amide bonds. The van der Waals surface area contributed by atoms with Crippen LogP contribution in [0.4, 0.5) is 5.69 Å². The van der Waals surface area contributed by atoms with Crippen molar-refractivity contribution in [1.29, 1.82) is 0 Å². The lowest BCUT2D eigenvalue weighted by Crippen LogP contribution is -2.54. The van der Waals surface area contributed by atoms with E-state index in [0.717, 1.165) is 32.6 Å². The second kappa shape index (κ2) is 14.1. The van der Waals surface area contributed by atoms with Gasteiger partial charge in [-0.3, -0.25) is 13.9 Å². The fourth-order valence-electron chi connectivity index (χ4n) is 4.29. The third-order valence-electron chi connectivity index (χ3n) is 6.70. The van der Waals surface area contributed by atoms with Crippen molar-refractivity contribution in [3.05, 3.63) is 99.0 Å². The van der Waals surface area contributed by atoms with Crippen LogP contribution in [0.2, 0.25) is 5.02 Å². The molecule has 0 saturated heterocycles. The lowest BCUT2D eigenvalue weighted by atomic mass is 10.0. The van der Waals surface area contributed by atoms with Crippen LogP contribution in [0.5, 0.6) is 0 Å². The summed E-state index contributed by atoms with van der Waals surface area (Å²) in [4.78, 5) is 29.3. The predicted octanol–water partition coefficient (Wildman–Crippen LogP) is 5.73. The van der Waals surface area contributed by atoms with Gasteiger partial charge in [0, 0.05) is 28.5 Å². The van der Waals surface area contributed by atoms with E-state index in [0.29, 0.717) is 16.3 Å². The molecule has 2 atom stereocenters. The zero-order valence-corrected chi connectivity index (χ0v) is 26.3. The van der Waals surface area contributed by atoms with Crippen molar-refractivity contribution in [3.63, 3.8) is 0 Å². The minimum absolute atomic E-state index is 0.102. The second-order valence-electron chi connectivity index (χ2n) is 9.83. The van der Waals surface area contributed by atoms with Crippen LogP contribution in [-0.4, -0.2) is 50.0 Å². The fourth-order valence-corrected chi connectivity index (χ4v) is 5.80. The Balaban J connectivity index is 2.09. The maximum Gasteiger partial charge on any atom is 0.244 e. The Morgan fingerprint density at radius 2 is 1.65 bits per heavy atom. The number of nitrogens with zero attached hydrogens (tertiary/aromatic N) is 2. The normalized spacial score (nSPS) is 12.8. The number of hydrogen-bond acceptors (Lipinski definition) is 4. The van der Waals surface area contributed by atoms with Crippen LogP contribution >= 0.6 is 27.5 Å². The summed E-state index contributed by atoms with van der Waals surface area (Å²) >= 11 is 9.78. The number of sulfonamides is 1. The number of nitrogens with one attached hydrogen (secondary N) is 1. The molecule has 0 aliphatic carbocycles. The highest BCUT2D eigenvalue weighted by Gasteiger charge is 2.33. The molecule has 0 spiro atoms. The van der Waals surface area contributed by atoms with E-state index in [1.54, 1.807) is 25.1 Å². The number of amides is 2. The zero-order valence-electron chi connectivity index (χ0n) is 23.1. The minimum Gasteiger partial charge on any atom is -0.352 e. The Bertz CT molecular complexity index is 1440. The van der Waals surface area contributed by atoms with Gasteiger partial charge in [0.1, 0.15) is 12.6 Å². The van der Waals surface area contributed by atoms with E-state index in [1.165, 1.54) is 4.90 Å². The lowest BCUT2D eigenvalue weighted by Gasteiger charge is -2.34. The first-order chi connectivity index (χ1) is 18.9. The highest BCUT2D eigenvalue weighted by Crippen LogP contribution is 2.29. The van der Waals surface area contributed by atoms with E-state index in [1.807, 2.05) is 68.4 Å². The standard InChI is InChI=1S/C30H35BrClN3O4S/c1-5-21(2)33-30(37)28(18-23-11-7-6-8-12-23)34(19-24-13-9-14-25(31)17-24)29(36)20-35(40(4,38)39)27-16-10-15-26(32)22(27)3/h6-17,21,28H,5,18-20H2,1-4H3,(H,33,37)/t21-,28-/m0/s1. The third kappa shape index (κ3) is 8.56. The molecule has 0 fully saturated rings. The van der Waals surface area contributed by atoms with Crippen molar-refractivity contribution in [1.82, 2.24) is 10.2 Å². The first kappa shape index (κ1) is 31.6. The molecule has 0 aromatic heterocycles. The Hall–Kier alpha value is -2.88. The summed E-state index contributed by atoms with van der Waals surface area (Å²) in [7, 11) is -3.87. The first-order valence-electron chi connectivity index (χ1n) is 13.0. The lowest BCUT2D eigenvalue weighted by molar-refractivity contribution is -0.140. The van der Waals surface area contributed by atoms with Gasteiger partial charge in [0.05, 0.1) is 11.9 Å². The molecule has 3 aromatic rings. The van der Waals surface area contributed by atoms with Crippen LogP contribution in [0.15, 0.2) is 77.3 Å². The molecule has 10 heteroatoms. The molecule has 0 unspecified atom stereocenters. The van der Waals surface area contributed by atoms with Gasteiger partial charge in [0.15, 0.2) is 0 Å². The molecule has 0 saturated carbocycles. The molecule has 0 heterocycles. The van der Waals surface area contributed by atoms with E-state index >= 15 is 0 Å². The van der Waals surface area contributed by atoms with Crippen molar-refractivity contribution in [2.24, 2.45) is 0 Å². The Morgan fingerprint density at radius 1 is 1.00 bits per heavy atom. The topological polar surface area (TPSA) is 86.8 Å². The molecule has 3 aromatic carbocycles. The highest BCUT2D eigenvalue weighted by atomic mass is 79.9. The number of carbonyl (C=O) groups excluding carboxylic acids is 2. The van der Waals surface area contributed by atoms with Crippen LogP contribution in [0.25, 0.3) is 0 Å². The molecule has 0 radical (unpaired) electrons. The van der Waals surface area contributed by atoms with Crippen molar-refractivity contribution in [2.75, 3.05) is 17.1 Å². The molecule has 1 N–H and O–H groups in total. The van der Waals surface area contributed by atoms with Crippen molar-refractivity contribution < 1.29 is 18.0 Å². The summed E-state index contributed by atoms with van der Waals surface area (Å²) in [5, 5.41) is 3.41. The van der Waals surface area contributed by atoms with Gasteiger partial charge in [-0.1, -0.05) is 83.0 Å². The molecular weight excluding hydrogens is 614 g/mol. The second-order valence-corrected chi connectivity index (χ2v) is 13.1. The number of anilines is 1. The van der Waals surface area contributed by atoms with E-state index in [9.17, 15) is 18.0 Å². The van der Waals surface area contributed by atoms with Gasteiger partial charge in [-0.15, -0.1) is 0 Å². The van der Waals surface area contributed by atoms with E-state index < -0.39 is 28.5 Å². The molecular formula is C30H35BrClN3O4S. The molecule has 0 aliphatic rings. The number of hydrogen-bond donors (Lipinski definition) is 1. The van der Waals surface area contributed by atoms with Crippen molar-refractivity contribution >= 4 is 55.1 Å². The van der Waals surface area contributed by atoms with Gasteiger partial charge < -0.3 is 10.2 Å². The van der Waals surface area contributed by atoms with Crippen molar-refractivity contribution in [3.8, 4) is 0 Å². The molecule has 0 bridgehead atoms. The molecule has 0 aliphatic heterocycles. The summed E-state index contributed by atoms with van der Waals surface area (Å²) in [5.41, 5.74) is 2.53. The predicted molar refractivity (Wildman–Crippen MR) is 165 cm³/mol. The quantitative estimate of drug-likeness (QED) is 0.272. The van der Waals surface area contributed by atoms with E-state index in [4.69, 9.17) is 11.6 Å². The monoisotopic (exact) mass is 647 g/mol. The van der Waals surface area contributed by atoms with Crippen LogP contribution < -0.4 is 9.62 Å². The molecule has 3 rings (SSSR count). The maximum atomic E-state index is 14.1. The SMILES string of the molecule is CC[C@H](C)NC(=O)[C@H](Cc1ccccc1)N(Cc1cccc(Br)c1)C(=O)CN(c1cccc(Cl)c1C)S(C)(=O)=O. The number of halogens is 2. The highest BCUT2D eigenvalue weighted by molar-refractivity contribution is 9.10. The fraction of sp³-hybridized carbons (Fsp3) is 0.333. The van der Waals surface area contributed by atoms with Crippen LogP contribution in [0.3, 0.4) is 0 Å². The minimum atomic E-state index is -3.87. The van der Waals surface area contributed by atoms with E-state index in [2.05, 4.69) is 21.2 Å². The van der Waals surface area contributed by atoms with Gasteiger partial charge in [-0.2, -0.15) is 0 Å². The first-order valence-corrected chi connectivity index (χ1v) is 16.0. The summed E-state index contributed by atoms with van der Waals surface area (Å²) in [6.07, 6.45) is 2.04. The van der Waals surface area contributed by atoms with E-state index in [-0.39, 0.29) is 24.9 Å². The zero-order chi connectivity index (χ0) is 29.4. The maximum absolute atomic E-state index is 14.1. The third-order valence-corrected chi connectivity index (χ3v) is 8.73. The van der Waals surface area contributed by atoms with Gasteiger partial charge in [-0.05, 0) is 61.2 Å². The Kier molecular flexibility index (Phi) is 11.2. The largest absolute Gasteiger partial charge is 0.352 e. The smallest absolute Gasteiger partial charge is 0.244 e. The molecule has 7 nitrogen and oxygen atoms in total. The van der Waals surface area contributed by atoms with Crippen LogP contribution in [-0.2, 0) is 32.6 Å². The Labute approximate surface area is 250 Å². The number of rotatable bonds is 12. The van der Waals surface area contributed by atoms with Crippen molar-refractivity contribution in [2.45, 2.75) is 52.2 Å². The molecule has 40 heavy (non-hydrogen) atoms. The number of benzene rings is 3.